The maximum Gasteiger partial charge on any atom is 0.267 e. The fourth-order valence-electron chi connectivity index (χ4n) is 2.09. The van der Waals surface area contributed by atoms with Gasteiger partial charge in [0.15, 0.2) is 11.5 Å². The van der Waals surface area contributed by atoms with Gasteiger partial charge in [-0.2, -0.15) is 5.26 Å². The largest absolute Gasteiger partial charge is 0.485 e. The van der Waals surface area contributed by atoms with E-state index in [0.717, 1.165) is 0 Å². The van der Waals surface area contributed by atoms with Crippen LogP contribution in [0, 0.1) is 17.2 Å². The number of carbonyl (C=O) groups is 1. The van der Waals surface area contributed by atoms with Crippen LogP contribution < -0.4 is 9.47 Å². The van der Waals surface area contributed by atoms with Crippen LogP contribution in [-0.2, 0) is 4.79 Å². The van der Waals surface area contributed by atoms with Gasteiger partial charge < -0.3 is 14.4 Å². The molecule has 0 saturated heterocycles. The fraction of sp³-hybridized carbons (Fsp3) is 0.467. The molecule has 1 amide bonds. The zero-order valence-corrected chi connectivity index (χ0v) is 11.7. The molecule has 1 aromatic carbocycles. The number of rotatable bonds is 4. The number of nitrogens with zero attached hydrogens (tertiary/aromatic N) is 2. The number of ether oxygens (including phenoxy) is 2. The predicted octanol–water partition coefficient (Wildman–Crippen LogP) is 1.83. The van der Waals surface area contributed by atoms with Gasteiger partial charge in [0.05, 0.1) is 12.0 Å². The van der Waals surface area contributed by atoms with Gasteiger partial charge in [0, 0.05) is 13.1 Å². The first-order valence-corrected chi connectivity index (χ1v) is 6.72. The highest BCUT2D eigenvalue weighted by atomic mass is 16.6. The lowest BCUT2D eigenvalue weighted by molar-refractivity contribution is -0.141. The minimum Gasteiger partial charge on any atom is -0.485 e. The van der Waals surface area contributed by atoms with Crippen LogP contribution in [-0.4, -0.2) is 36.6 Å². The van der Waals surface area contributed by atoms with Gasteiger partial charge in [-0.15, -0.1) is 0 Å². The Labute approximate surface area is 118 Å². The van der Waals surface area contributed by atoms with Gasteiger partial charge >= 0.3 is 0 Å². The molecule has 0 aliphatic carbocycles. The lowest BCUT2D eigenvalue weighted by atomic mass is 10.1. The minimum absolute atomic E-state index is 0.135. The summed E-state index contributed by atoms with van der Waals surface area (Å²) < 4.78 is 11.2. The van der Waals surface area contributed by atoms with E-state index in [-0.39, 0.29) is 18.4 Å². The molecule has 0 saturated carbocycles. The molecule has 0 fully saturated rings. The summed E-state index contributed by atoms with van der Waals surface area (Å²) in [7, 11) is 0. The maximum absolute atomic E-state index is 12.4. The van der Waals surface area contributed by atoms with Crippen molar-refractivity contribution >= 4 is 5.91 Å². The van der Waals surface area contributed by atoms with Gasteiger partial charge in [0.1, 0.15) is 6.61 Å². The van der Waals surface area contributed by atoms with Gasteiger partial charge in [0.25, 0.3) is 5.91 Å². The molecule has 0 N–H and O–H groups in total. The Morgan fingerprint density at radius 2 is 2.20 bits per heavy atom. The van der Waals surface area contributed by atoms with Crippen LogP contribution >= 0.6 is 0 Å². The normalized spacial score (nSPS) is 17.9. The summed E-state index contributed by atoms with van der Waals surface area (Å²) in [4.78, 5) is 14.0. The number of hydrogen-bond donors (Lipinski definition) is 0. The van der Waals surface area contributed by atoms with Gasteiger partial charge in [0.2, 0.25) is 6.10 Å². The third kappa shape index (κ3) is 3.02. The first-order chi connectivity index (χ1) is 9.65. The van der Waals surface area contributed by atoms with E-state index in [1.807, 2.05) is 25.1 Å². The quantitative estimate of drug-likeness (QED) is 0.840. The molecule has 2 rings (SSSR count). The second-order valence-electron chi connectivity index (χ2n) is 4.77. The lowest BCUT2D eigenvalue weighted by Crippen LogP contribution is -2.47. The Balaban J connectivity index is 2.05. The second-order valence-corrected chi connectivity index (χ2v) is 4.77. The highest BCUT2D eigenvalue weighted by Crippen LogP contribution is 2.31. The van der Waals surface area contributed by atoms with Crippen molar-refractivity contribution in [3.05, 3.63) is 24.3 Å². The number of hydrogen-bond acceptors (Lipinski definition) is 4. The highest BCUT2D eigenvalue weighted by Gasteiger charge is 2.30. The van der Waals surface area contributed by atoms with E-state index in [4.69, 9.17) is 14.7 Å². The number of carbonyl (C=O) groups excluding carboxylic acids is 1. The molecule has 2 atom stereocenters. The van der Waals surface area contributed by atoms with E-state index in [1.54, 1.807) is 17.9 Å². The zero-order chi connectivity index (χ0) is 14.5. The zero-order valence-electron chi connectivity index (χ0n) is 11.7. The van der Waals surface area contributed by atoms with Gasteiger partial charge in [-0.05, 0) is 26.0 Å². The standard InChI is InChI=1S/C15H18N2O3/c1-3-17(9-11(2)8-16)15(18)14-10-19-12-6-4-5-7-13(12)20-14/h4-7,11,14H,3,9-10H2,1-2H3. The molecule has 20 heavy (non-hydrogen) atoms. The Bertz CT molecular complexity index is 524. The molecular weight excluding hydrogens is 256 g/mol. The van der Waals surface area contributed by atoms with Gasteiger partial charge in [-0.1, -0.05) is 12.1 Å². The third-order valence-corrected chi connectivity index (χ3v) is 3.19. The molecule has 5 nitrogen and oxygen atoms in total. The molecule has 0 spiro atoms. The summed E-state index contributed by atoms with van der Waals surface area (Å²) >= 11 is 0. The number of benzene rings is 1. The number of fused-ring (bicyclic) bond motifs is 1. The molecule has 5 heteroatoms. The molecule has 0 radical (unpaired) electrons. The van der Waals surface area contributed by atoms with Crippen LogP contribution in [0.4, 0.5) is 0 Å². The van der Waals surface area contributed by atoms with Crippen molar-refractivity contribution in [3.63, 3.8) is 0 Å². The van der Waals surface area contributed by atoms with E-state index < -0.39 is 6.10 Å². The van der Waals surface area contributed by atoms with Crippen LogP contribution in [0.3, 0.4) is 0 Å². The molecule has 1 aliphatic rings. The SMILES string of the molecule is CCN(CC(C)C#N)C(=O)C1COc2ccccc2O1. The van der Waals surface area contributed by atoms with Crippen molar-refractivity contribution in [1.29, 1.82) is 5.26 Å². The van der Waals surface area contributed by atoms with Crippen LogP contribution in [0.1, 0.15) is 13.8 Å². The summed E-state index contributed by atoms with van der Waals surface area (Å²) in [5, 5.41) is 8.86. The highest BCUT2D eigenvalue weighted by molar-refractivity contribution is 5.82. The number of likely N-dealkylation sites (N-methyl/N-ethyl adjacent to an activating group) is 1. The Kier molecular flexibility index (Phi) is 4.46. The van der Waals surface area contributed by atoms with Crippen LogP contribution in [0.2, 0.25) is 0 Å². The molecule has 1 aromatic rings. The van der Waals surface area contributed by atoms with Crippen molar-refractivity contribution in [2.24, 2.45) is 5.92 Å². The molecular formula is C15H18N2O3. The van der Waals surface area contributed by atoms with Crippen molar-refractivity contribution in [1.82, 2.24) is 4.90 Å². The minimum atomic E-state index is -0.643. The molecule has 1 heterocycles. The monoisotopic (exact) mass is 274 g/mol. The van der Waals surface area contributed by atoms with Crippen molar-refractivity contribution < 1.29 is 14.3 Å². The van der Waals surface area contributed by atoms with Crippen LogP contribution in [0.25, 0.3) is 0 Å². The number of amides is 1. The van der Waals surface area contributed by atoms with Crippen molar-refractivity contribution in [2.75, 3.05) is 19.7 Å². The summed E-state index contributed by atoms with van der Waals surface area (Å²) in [5.41, 5.74) is 0. The van der Waals surface area contributed by atoms with Gasteiger partial charge in [-0.3, -0.25) is 4.79 Å². The Morgan fingerprint density at radius 3 is 2.85 bits per heavy atom. The number of para-hydroxylation sites is 2. The lowest BCUT2D eigenvalue weighted by Gasteiger charge is -2.30. The van der Waals surface area contributed by atoms with Crippen LogP contribution in [0.5, 0.6) is 11.5 Å². The topological polar surface area (TPSA) is 62.6 Å². The average Bonchev–Trinajstić information content (AvgIpc) is 2.51. The second kappa shape index (κ2) is 6.29. The van der Waals surface area contributed by atoms with E-state index >= 15 is 0 Å². The molecule has 106 valence electrons. The first kappa shape index (κ1) is 14.2. The van der Waals surface area contributed by atoms with Crippen molar-refractivity contribution in [2.45, 2.75) is 20.0 Å². The number of nitriles is 1. The third-order valence-electron chi connectivity index (χ3n) is 3.19. The Hall–Kier alpha value is -2.22. The maximum atomic E-state index is 12.4. The van der Waals surface area contributed by atoms with E-state index in [9.17, 15) is 4.79 Å². The predicted molar refractivity (Wildman–Crippen MR) is 73.4 cm³/mol. The smallest absolute Gasteiger partial charge is 0.267 e. The summed E-state index contributed by atoms with van der Waals surface area (Å²) in [6.45, 7) is 4.84. The Morgan fingerprint density at radius 1 is 1.50 bits per heavy atom. The molecule has 1 aliphatic heterocycles. The molecule has 0 aromatic heterocycles. The summed E-state index contributed by atoms with van der Waals surface area (Å²) in [5.74, 6) is 0.909. The van der Waals surface area contributed by atoms with Gasteiger partial charge in [-0.25, -0.2) is 0 Å². The van der Waals surface area contributed by atoms with Crippen molar-refractivity contribution in [3.8, 4) is 17.6 Å². The van der Waals surface area contributed by atoms with E-state index in [2.05, 4.69) is 6.07 Å². The molecule has 0 bridgehead atoms. The van der Waals surface area contributed by atoms with E-state index in [0.29, 0.717) is 24.6 Å². The average molecular weight is 274 g/mol. The van der Waals surface area contributed by atoms with E-state index in [1.165, 1.54) is 0 Å². The summed E-state index contributed by atoms with van der Waals surface area (Å²) in [6, 6.07) is 9.42. The fourth-order valence-corrected chi connectivity index (χ4v) is 2.09. The van der Waals surface area contributed by atoms with Crippen LogP contribution in [0.15, 0.2) is 24.3 Å². The molecule has 2 unspecified atom stereocenters. The summed E-state index contributed by atoms with van der Waals surface area (Å²) in [6.07, 6.45) is -0.643. The first-order valence-electron chi connectivity index (χ1n) is 6.72.